The molecular formula is C15H12BrNOS. The van der Waals surface area contributed by atoms with Gasteiger partial charge in [0, 0.05) is 10.9 Å². The van der Waals surface area contributed by atoms with Crippen LogP contribution in [0.3, 0.4) is 0 Å². The van der Waals surface area contributed by atoms with E-state index in [-0.39, 0.29) is 0 Å². The predicted molar refractivity (Wildman–Crippen MR) is 84.2 cm³/mol. The van der Waals surface area contributed by atoms with Gasteiger partial charge in [-0.15, -0.1) is 11.3 Å². The molecule has 0 unspecified atom stereocenters. The summed E-state index contributed by atoms with van der Waals surface area (Å²) >= 11 is 5.23. The number of rotatable bonds is 3. The van der Waals surface area contributed by atoms with E-state index >= 15 is 0 Å². The molecule has 0 N–H and O–H groups in total. The lowest BCUT2D eigenvalue weighted by molar-refractivity contribution is 0.415. The second-order valence-electron chi connectivity index (χ2n) is 4.14. The monoisotopic (exact) mass is 333 g/mol. The van der Waals surface area contributed by atoms with Crippen molar-refractivity contribution < 1.29 is 4.74 Å². The van der Waals surface area contributed by atoms with Crippen LogP contribution in [-0.2, 0) is 5.33 Å². The molecule has 0 aliphatic heterocycles. The first-order valence-corrected chi connectivity index (χ1v) is 7.84. The van der Waals surface area contributed by atoms with Crippen LogP contribution in [-0.4, -0.2) is 12.1 Å². The summed E-state index contributed by atoms with van der Waals surface area (Å²) in [5.74, 6) is 0.872. The molecular weight excluding hydrogens is 322 g/mol. The highest BCUT2D eigenvalue weighted by Gasteiger charge is 2.10. The normalized spacial score (nSPS) is 10.8. The topological polar surface area (TPSA) is 22.1 Å². The van der Waals surface area contributed by atoms with Gasteiger partial charge in [-0.2, -0.15) is 0 Å². The maximum atomic E-state index is 5.25. The van der Waals surface area contributed by atoms with Crippen LogP contribution >= 0.6 is 27.3 Å². The first-order valence-electron chi connectivity index (χ1n) is 5.90. The fraction of sp³-hybridized carbons (Fsp3) is 0.133. The molecule has 2 aromatic carbocycles. The summed E-state index contributed by atoms with van der Waals surface area (Å²) in [5, 5.41) is 1.89. The van der Waals surface area contributed by atoms with E-state index < -0.39 is 0 Å². The molecule has 1 heterocycles. The van der Waals surface area contributed by atoms with E-state index in [4.69, 9.17) is 9.72 Å². The number of thiazole rings is 1. The Morgan fingerprint density at radius 3 is 2.84 bits per heavy atom. The Bertz CT molecular complexity index is 723. The van der Waals surface area contributed by atoms with Crippen molar-refractivity contribution in [1.82, 2.24) is 4.98 Å². The fourth-order valence-electron chi connectivity index (χ4n) is 1.99. The highest BCUT2D eigenvalue weighted by molar-refractivity contribution is 9.08. The second-order valence-corrected chi connectivity index (χ2v) is 5.73. The van der Waals surface area contributed by atoms with Gasteiger partial charge in [0.05, 0.1) is 17.3 Å². The molecule has 0 bridgehead atoms. The summed E-state index contributed by atoms with van der Waals surface area (Å²) in [7, 11) is 1.68. The van der Waals surface area contributed by atoms with Crippen molar-refractivity contribution >= 4 is 37.5 Å². The number of hydrogen-bond acceptors (Lipinski definition) is 3. The Kier molecular flexibility index (Phi) is 3.53. The molecule has 0 spiro atoms. The maximum absolute atomic E-state index is 5.25. The van der Waals surface area contributed by atoms with Crippen molar-refractivity contribution in [1.29, 1.82) is 0 Å². The summed E-state index contributed by atoms with van der Waals surface area (Å²) in [6.45, 7) is 0. The minimum Gasteiger partial charge on any atom is -0.497 e. The molecule has 2 nitrogen and oxygen atoms in total. The van der Waals surface area contributed by atoms with E-state index in [0.717, 1.165) is 26.3 Å². The third kappa shape index (κ3) is 2.38. The Morgan fingerprint density at radius 1 is 1.21 bits per heavy atom. The lowest BCUT2D eigenvalue weighted by Gasteiger charge is -2.02. The third-order valence-corrected chi connectivity index (χ3v) is 4.64. The average molecular weight is 334 g/mol. The van der Waals surface area contributed by atoms with Gasteiger partial charge in [-0.1, -0.05) is 40.2 Å². The number of methoxy groups -OCH3 is 1. The molecule has 0 radical (unpaired) electrons. The SMILES string of the molecule is COc1ccc2nc(-c3ccccc3CBr)sc2c1. The molecule has 1 aromatic heterocycles. The van der Waals surface area contributed by atoms with E-state index in [0.29, 0.717) is 0 Å². The van der Waals surface area contributed by atoms with Gasteiger partial charge in [0.1, 0.15) is 10.8 Å². The number of fused-ring (bicyclic) bond motifs is 1. The van der Waals surface area contributed by atoms with Gasteiger partial charge in [0.2, 0.25) is 0 Å². The van der Waals surface area contributed by atoms with Crippen molar-refractivity contribution in [3.05, 3.63) is 48.0 Å². The van der Waals surface area contributed by atoms with E-state index in [9.17, 15) is 0 Å². The Morgan fingerprint density at radius 2 is 2.05 bits per heavy atom. The van der Waals surface area contributed by atoms with Crippen LogP contribution in [0.25, 0.3) is 20.8 Å². The van der Waals surface area contributed by atoms with Crippen LogP contribution in [0.1, 0.15) is 5.56 Å². The van der Waals surface area contributed by atoms with Crippen molar-refractivity contribution in [2.45, 2.75) is 5.33 Å². The molecule has 3 aromatic rings. The molecule has 0 saturated heterocycles. The zero-order valence-electron chi connectivity index (χ0n) is 10.4. The van der Waals surface area contributed by atoms with E-state index in [1.807, 2.05) is 24.3 Å². The largest absolute Gasteiger partial charge is 0.497 e. The predicted octanol–water partition coefficient (Wildman–Crippen LogP) is 4.87. The number of nitrogens with zero attached hydrogens (tertiary/aromatic N) is 1. The van der Waals surface area contributed by atoms with Crippen LogP contribution in [0.15, 0.2) is 42.5 Å². The Labute approximate surface area is 124 Å². The molecule has 19 heavy (non-hydrogen) atoms. The zero-order chi connectivity index (χ0) is 13.2. The molecule has 4 heteroatoms. The highest BCUT2D eigenvalue weighted by atomic mass is 79.9. The van der Waals surface area contributed by atoms with E-state index in [2.05, 4.69) is 34.1 Å². The second kappa shape index (κ2) is 5.31. The molecule has 3 rings (SSSR count). The molecule has 0 amide bonds. The smallest absolute Gasteiger partial charge is 0.124 e. The zero-order valence-corrected chi connectivity index (χ0v) is 12.8. The van der Waals surface area contributed by atoms with Gasteiger partial charge in [-0.25, -0.2) is 4.98 Å². The van der Waals surface area contributed by atoms with E-state index in [1.165, 1.54) is 11.1 Å². The standard InChI is InChI=1S/C15H12BrNOS/c1-18-11-6-7-13-14(8-11)19-15(17-13)12-5-3-2-4-10(12)9-16/h2-8H,9H2,1H3. The van der Waals surface area contributed by atoms with Gasteiger partial charge in [0.25, 0.3) is 0 Å². The van der Waals surface area contributed by atoms with Gasteiger partial charge in [0.15, 0.2) is 0 Å². The number of hydrogen-bond donors (Lipinski definition) is 0. The summed E-state index contributed by atoms with van der Waals surface area (Å²) in [5.41, 5.74) is 3.47. The van der Waals surface area contributed by atoms with Gasteiger partial charge >= 0.3 is 0 Å². The summed E-state index contributed by atoms with van der Waals surface area (Å²) in [6.07, 6.45) is 0. The van der Waals surface area contributed by atoms with Crippen LogP contribution in [0.2, 0.25) is 0 Å². The van der Waals surface area contributed by atoms with Gasteiger partial charge in [-0.05, 0) is 23.8 Å². The molecule has 0 fully saturated rings. The van der Waals surface area contributed by atoms with E-state index in [1.54, 1.807) is 18.4 Å². The number of aromatic nitrogens is 1. The highest BCUT2D eigenvalue weighted by Crippen LogP contribution is 2.34. The minimum atomic E-state index is 0.836. The number of ether oxygens (including phenoxy) is 1. The third-order valence-electron chi connectivity index (χ3n) is 2.99. The summed E-state index contributed by atoms with van der Waals surface area (Å²) in [6, 6.07) is 14.3. The lowest BCUT2D eigenvalue weighted by Crippen LogP contribution is -1.84. The first-order chi connectivity index (χ1) is 9.31. The number of halogens is 1. The van der Waals surface area contributed by atoms with Crippen molar-refractivity contribution in [2.75, 3.05) is 7.11 Å². The first kappa shape index (κ1) is 12.6. The van der Waals surface area contributed by atoms with Crippen LogP contribution in [0.4, 0.5) is 0 Å². The van der Waals surface area contributed by atoms with Crippen LogP contribution < -0.4 is 4.74 Å². The van der Waals surface area contributed by atoms with Crippen LogP contribution in [0, 0.1) is 0 Å². The minimum absolute atomic E-state index is 0.836. The molecule has 0 atom stereocenters. The van der Waals surface area contributed by atoms with Crippen molar-refractivity contribution in [2.24, 2.45) is 0 Å². The molecule has 0 aliphatic carbocycles. The Hall–Kier alpha value is -1.39. The molecule has 0 saturated carbocycles. The molecule has 0 aliphatic rings. The fourth-order valence-corrected chi connectivity index (χ4v) is 3.54. The average Bonchev–Trinajstić information content (AvgIpc) is 2.89. The van der Waals surface area contributed by atoms with Gasteiger partial charge < -0.3 is 4.74 Å². The number of alkyl halides is 1. The lowest BCUT2D eigenvalue weighted by atomic mass is 10.1. The maximum Gasteiger partial charge on any atom is 0.124 e. The van der Waals surface area contributed by atoms with Gasteiger partial charge in [-0.3, -0.25) is 0 Å². The summed E-state index contributed by atoms with van der Waals surface area (Å²) < 4.78 is 6.41. The summed E-state index contributed by atoms with van der Waals surface area (Å²) in [4.78, 5) is 4.71. The van der Waals surface area contributed by atoms with Crippen molar-refractivity contribution in [3.63, 3.8) is 0 Å². The van der Waals surface area contributed by atoms with Crippen LogP contribution in [0.5, 0.6) is 5.75 Å². The quantitative estimate of drug-likeness (QED) is 0.638. The van der Waals surface area contributed by atoms with Crippen molar-refractivity contribution in [3.8, 4) is 16.3 Å². The molecule has 96 valence electrons. The number of benzene rings is 2. The Balaban J connectivity index is 2.15.